The van der Waals surface area contributed by atoms with E-state index in [0.717, 1.165) is 31.4 Å². The highest BCUT2D eigenvalue weighted by Crippen LogP contribution is 2.45. The molecule has 196 valence electrons. The summed E-state index contributed by atoms with van der Waals surface area (Å²) in [6.07, 6.45) is 4.44. The first-order valence-electron chi connectivity index (χ1n) is 13.6. The van der Waals surface area contributed by atoms with Crippen LogP contribution in [0.1, 0.15) is 75.6 Å². The van der Waals surface area contributed by atoms with Gasteiger partial charge in [-0.2, -0.15) is 0 Å². The van der Waals surface area contributed by atoms with Gasteiger partial charge in [0, 0.05) is 17.5 Å². The first kappa shape index (κ1) is 26.9. The fraction of sp³-hybridized carbons (Fsp3) is 0.424. The summed E-state index contributed by atoms with van der Waals surface area (Å²) in [6.45, 7) is 6.59. The number of rotatable bonds is 10. The van der Waals surface area contributed by atoms with Crippen LogP contribution in [-0.2, 0) is 14.9 Å². The summed E-state index contributed by atoms with van der Waals surface area (Å²) < 4.78 is 11.9. The van der Waals surface area contributed by atoms with E-state index in [1.807, 2.05) is 24.3 Å². The molecule has 4 heteroatoms. The van der Waals surface area contributed by atoms with Crippen molar-refractivity contribution < 1.29 is 14.3 Å². The van der Waals surface area contributed by atoms with Crippen molar-refractivity contribution in [2.24, 2.45) is 5.92 Å². The van der Waals surface area contributed by atoms with Crippen molar-refractivity contribution in [2.75, 3.05) is 7.11 Å². The van der Waals surface area contributed by atoms with Gasteiger partial charge in [0.2, 0.25) is 0 Å². The van der Waals surface area contributed by atoms with E-state index in [2.05, 4.69) is 86.8 Å². The van der Waals surface area contributed by atoms with Gasteiger partial charge in [-0.15, -0.1) is 0 Å². The Kier molecular flexibility index (Phi) is 9.04. The summed E-state index contributed by atoms with van der Waals surface area (Å²) in [4.78, 5) is 13.2. The third kappa shape index (κ3) is 6.61. The van der Waals surface area contributed by atoms with Gasteiger partial charge in [0.25, 0.3) is 0 Å². The molecule has 0 unspecified atom stereocenters. The second-order valence-electron chi connectivity index (χ2n) is 10.9. The highest BCUT2D eigenvalue weighted by molar-refractivity contribution is 5.70. The quantitative estimate of drug-likeness (QED) is 0.299. The second kappa shape index (κ2) is 12.4. The normalized spacial score (nSPS) is 18.8. The van der Waals surface area contributed by atoms with Crippen molar-refractivity contribution in [3.05, 3.63) is 102 Å². The molecule has 1 aliphatic carbocycles. The van der Waals surface area contributed by atoms with E-state index in [9.17, 15) is 4.79 Å². The predicted molar refractivity (Wildman–Crippen MR) is 150 cm³/mol. The number of carbonyl (C=O) groups excluding carboxylic acids is 1. The minimum atomic E-state index is -0.173. The van der Waals surface area contributed by atoms with Crippen molar-refractivity contribution in [1.82, 2.24) is 5.32 Å². The first-order chi connectivity index (χ1) is 17.9. The van der Waals surface area contributed by atoms with Crippen LogP contribution in [0.5, 0.6) is 5.75 Å². The number of methoxy groups -OCH3 is 1. The highest BCUT2D eigenvalue weighted by Gasteiger charge is 2.41. The van der Waals surface area contributed by atoms with Crippen molar-refractivity contribution in [3.8, 4) is 5.75 Å². The monoisotopic (exact) mass is 499 g/mol. The van der Waals surface area contributed by atoms with Crippen molar-refractivity contribution in [3.63, 3.8) is 0 Å². The molecular formula is C33H41NO3. The van der Waals surface area contributed by atoms with Crippen LogP contribution in [0.4, 0.5) is 0 Å². The molecule has 1 fully saturated rings. The molecule has 0 aromatic heterocycles. The maximum absolute atomic E-state index is 13.2. The zero-order valence-electron chi connectivity index (χ0n) is 22.7. The molecule has 37 heavy (non-hydrogen) atoms. The van der Waals surface area contributed by atoms with Gasteiger partial charge in [0.15, 0.2) is 0 Å². The second-order valence-corrected chi connectivity index (χ2v) is 10.9. The van der Waals surface area contributed by atoms with Gasteiger partial charge >= 0.3 is 5.97 Å². The Morgan fingerprint density at radius 2 is 1.46 bits per heavy atom. The number of carbonyl (C=O) groups is 1. The minimum Gasteiger partial charge on any atom is -0.496 e. The molecular weight excluding hydrogens is 458 g/mol. The summed E-state index contributed by atoms with van der Waals surface area (Å²) in [6, 6.07) is 29.0. The fourth-order valence-electron chi connectivity index (χ4n) is 5.93. The van der Waals surface area contributed by atoms with Crippen LogP contribution in [0.25, 0.3) is 0 Å². The van der Waals surface area contributed by atoms with E-state index >= 15 is 0 Å². The highest BCUT2D eigenvalue weighted by atomic mass is 16.5. The average Bonchev–Trinajstić information content (AvgIpc) is 2.92. The molecule has 0 amide bonds. The molecule has 0 saturated heterocycles. The number of ether oxygens (including phenoxy) is 2. The Hall–Kier alpha value is -3.11. The predicted octanol–water partition coefficient (Wildman–Crippen LogP) is 7.23. The Morgan fingerprint density at radius 1 is 0.892 bits per heavy atom. The number of nitrogens with one attached hydrogen (secondary N) is 1. The Morgan fingerprint density at radius 3 is 2.08 bits per heavy atom. The summed E-state index contributed by atoms with van der Waals surface area (Å²) in [7, 11) is 1.72. The molecule has 1 aliphatic rings. The van der Waals surface area contributed by atoms with E-state index < -0.39 is 0 Å². The van der Waals surface area contributed by atoms with Crippen molar-refractivity contribution in [1.29, 1.82) is 0 Å². The molecule has 3 aromatic carbocycles. The van der Waals surface area contributed by atoms with Crippen molar-refractivity contribution in [2.45, 2.75) is 76.5 Å². The van der Waals surface area contributed by atoms with E-state index in [0.29, 0.717) is 6.42 Å². The number of hydrogen-bond acceptors (Lipinski definition) is 4. The summed E-state index contributed by atoms with van der Waals surface area (Å²) >= 11 is 0. The minimum absolute atomic E-state index is 0.0112. The molecule has 0 bridgehead atoms. The van der Waals surface area contributed by atoms with Gasteiger partial charge in [0.05, 0.1) is 19.6 Å². The Bertz CT molecular complexity index is 1090. The average molecular weight is 500 g/mol. The molecule has 0 spiro atoms. The van der Waals surface area contributed by atoms with E-state index in [4.69, 9.17) is 9.47 Å². The summed E-state index contributed by atoms with van der Waals surface area (Å²) in [5.41, 5.74) is 3.36. The number of benzene rings is 3. The SMILES string of the molecule is COc1ccccc1C(C)(C)[C@H]1CCCC[C@@H]1OC(=O)C[C@@H](C)NC(c1ccccc1)c1ccccc1. The smallest absolute Gasteiger partial charge is 0.307 e. The topological polar surface area (TPSA) is 47.6 Å². The summed E-state index contributed by atoms with van der Waals surface area (Å²) in [5.74, 6) is 1.01. The van der Waals surface area contributed by atoms with Gasteiger partial charge in [-0.3, -0.25) is 4.79 Å². The van der Waals surface area contributed by atoms with Crippen molar-refractivity contribution >= 4 is 5.97 Å². The van der Waals surface area contributed by atoms with E-state index in [1.165, 1.54) is 16.7 Å². The van der Waals surface area contributed by atoms with Crippen LogP contribution in [0, 0.1) is 5.92 Å². The lowest BCUT2D eigenvalue weighted by molar-refractivity contribution is -0.156. The van der Waals surface area contributed by atoms with Gasteiger partial charge in [-0.25, -0.2) is 0 Å². The number of para-hydroxylation sites is 1. The van der Waals surface area contributed by atoms with Gasteiger partial charge in [0.1, 0.15) is 11.9 Å². The Balaban J connectivity index is 1.44. The lowest BCUT2D eigenvalue weighted by Crippen LogP contribution is -2.43. The molecule has 0 radical (unpaired) electrons. The fourth-order valence-corrected chi connectivity index (χ4v) is 5.93. The molecule has 0 aliphatic heterocycles. The van der Waals surface area contributed by atoms with Crippen LogP contribution in [0.15, 0.2) is 84.9 Å². The van der Waals surface area contributed by atoms with Crippen LogP contribution in [-0.4, -0.2) is 25.2 Å². The lowest BCUT2D eigenvalue weighted by atomic mass is 9.66. The zero-order valence-corrected chi connectivity index (χ0v) is 22.7. The molecule has 4 nitrogen and oxygen atoms in total. The third-order valence-electron chi connectivity index (χ3n) is 7.90. The van der Waals surface area contributed by atoms with Crippen LogP contribution in [0.3, 0.4) is 0 Å². The maximum Gasteiger partial charge on any atom is 0.307 e. The van der Waals surface area contributed by atoms with Crippen LogP contribution < -0.4 is 10.1 Å². The largest absolute Gasteiger partial charge is 0.496 e. The van der Waals surface area contributed by atoms with Gasteiger partial charge in [-0.05, 0) is 48.8 Å². The standard InChI is InChI=1S/C33H41NO3/c1-24(34-32(25-15-7-5-8-16-25)26-17-9-6-10-18-26)23-31(35)37-30-22-14-12-20-28(30)33(2,3)27-19-11-13-21-29(27)36-4/h5-11,13,15-19,21,24,28,30,32,34H,12,14,20,22-23H2,1-4H3/t24-,28+,30+/m1/s1. The molecule has 1 saturated carbocycles. The molecule has 1 N–H and O–H groups in total. The molecule has 3 aromatic rings. The van der Waals surface area contributed by atoms with Crippen LogP contribution in [0.2, 0.25) is 0 Å². The molecule has 3 atom stereocenters. The molecule has 4 rings (SSSR count). The van der Waals surface area contributed by atoms with Gasteiger partial charge in [-0.1, -0.05) is 99.1 Å². The summed E-state index contributed by atoms with van der Waals surface area (Å²) in [5, 5.41) is 3.68. The van der Waals surface area contributed by atoms with E-state index in [1.54, 1.807) is 7.11 Å². The number of hydrogen-bond donors (Lipinski definition) is 1. The maximum atomic E-state index is 13.2. The first-order valence-corrected chi connectivity index (χ1v) is 13.6. The third-order valence-corrected chi connectivity index (χ3v) is 7.90. The zero-order chi connectivity index (χ0) is 26.3. The van der Waals surface area contributed by atoms with Gasteiger partial charge < -0.3 is 14.8 Å². The van der Waals surface area contributed by atoms with E-state index in [-0.39, 0.29) is 35.5 Å². The number of esters is 1. The molecule has 0 heterocycles. The Labute approximate surface area is 222 Å². The lowest BCUT2D eigenvalue weighted by Gasteiger charge is -2.42. The van der Waals surface area contributed by atoms with Crippen LogP contribution >= 0.6 is 0 Å².